The Kier molecular flexibility index (Phi) is 7.68. The summed E-state index contributed by atoms with van der Waals surface area (Å²) in [6.45, 7) is 1.88. The van der Waals surface area contributed by atoms with E-state index >= 15 is 0 Å². The molecule has 4 nitrogen and oxygen atoms in total. The highest BCUT2D eigenvalue weighted by molar-refractivity contribution is 5.69. The maximum atomic E-state index is 10.7. The third kappa shape index (κ3) is 7.97. The van der Waals surface area contributed by atoms with E-state index < -0.39 is 11.9 Å². The van der Waals surface area contributed by atoms with E-state index in [9.17, 15) is 9.59 Å². The molecule has 0 aromatic rings. The number of rotatable bonds is 9. The molecular formula is C11H20O4. The van der Waals surface area contributed by atoms with Gasteiger partial charge in [-0.2, -0.15) is 0 Å². The fourth-order valence-corrected chi connectivity index (χ4v) is 1.52. The molecule has 0 heterocycles. The Morgan fingerprint density at radius 3 is 2.13 bits per heavy atom. The van der Waals surface area contributed by atoms with Crippen molar-refractivity contribution in [1.82, 2.24) is 0 Å². The molecule has 0 aliphatic carbocycles. The van der Waals surface area contributed by atoms with Crippen LogP contribution in [-0.4, -0.2) is 22.2 Å². The number of carboxylic acids is 2. The molecule has 0 amide bonds. The summed E-state index contributed by atoms with van der Waals surface area (Å²) in [4.78, 5) is 20.9. The highest BCUT2D eigenvalue weighted by Gasteiger charge is 2.13. The topological polar surface area (TPSA) is 74.6 Å². The van der Waals surface area contributed by atoms with E-state index in [0.717, 1.165) is 19.3 Å². The van der Waals surface area contributed by atoms with E-state index in [1.165, 1.54) is 0 Å². The number of hydrogen-bond donors (Lipinski definition) is 2. The third-order valence-electron chi connectivity index (χ3n) is 2.54. The Balaban J connectivity index is 3.37. The second-order valence-electron chi connectivity index (χ2n) is 3.79. The highest BCUT2D eigenvalue weighted by Crippen LogP contribution is 2.14. The minimum absolute atomic E-state index is 0.218. The molecule has 0 aliphatic heterocycles. The standard InChI is InChI=1S/C11H20O4/c1-2-9(11(14)15)7-5-3-4-6-8-10(12)13/h9H,2-8H2,1H3,(H,12,13)(H,14,15). The lowest BCUT2D eigenvalue weighted by Gasteiger charge is -2.08. The average molecular weight is 216 g/mol. The zero-order chi connectivity index (χ0) is 11.7. The van der Waals surface area contributed by atoms with Gasteiger partial charge in [-0.15, -0.1) is 0 Å². The van der Waals surface area contributed by atoms with Gasteiger partial charge in [0.1, 0.15) is 0 Å². The lowest BCUT2D eigenvalue weighted by Crippen LogP contribution is -2.12. The number of carbonyl (C=O) groups is 2. The third-order valence-corrected chi connectivity index (χ3v) is 2.54. The molecule has 2 N–H and O–H groups in total. The van der Waals surface area contributed by atoms with Crippen LogP contribution in [0.15, 0.2) is 0 Å². The van der Waals surface area contributed by atoms with Crippen molar-refractivity contribution < 1.29 is 19.8 Å². The van der Waals surface area contributed by atoms with Crippen LogP contribution < -0.4 is 0 Å². The molecule has 15 heavy (non-hydrogen) atoms. The lowest BCUT2D eigenvalue weighted by molar-refractivity contribution is -0.142. The number of unbranched alkanes of at least 4 members (excludes halogenated alkanes) is 3. The summed E-state index contributed by atoms with van der Waals surface area (Å²) in [5.74, 6) is -1.71. The molecule has 0 aromatic carbocycles. The zero-order valence-corrected chi connectivity index (χ0v) is 9.24. The van der Waals surface area contributed by atoms with Crippen LogP contribution in [0.25, 0.3) is 0 Å². The molecule has 88 valence electrons. The van der Waals surface area contributed by atoms with Gasteiger partial charge < -0.3 is 10.2 Å². The van der Waals surface area contributed by atoms with Gasteiger partial charge >= 0.3 is 11.9 Å². The molecule has 0 saturated heterocycles. The smallest absolute Gasteiger partial charge is 0.306 e. The van der Waals surface area contributed by atoms with Crippen molar-refractivity contribution in [3.8, 4) is 0 Å². The van der Waals surface area contributed by atoms with Crippen molar-refractivity contribution >= 4 is 11.9 Å². The molecule has 0 spiro atoms. The average Bonchev–Trinajstić information content (AvgIpc) is 2.15. The molecule has 0 bridgehead atoms. The lowest BCUT2D eigenvalue weighted by atomic mass is 9.98. The van der Waals surface area contributed by atoms with E-state index in [4.69, 9.17) is 10.2 Å². The fraction of sp³-hybridized carbons (Fsp3) is 0.818. The number of hydrogen-bond acceptors (Lipinski definition) is 2. The predicted octanol–water partition coefficient (Wildman–Crippen LogP) is 2.52. The van der Waals surface area contributed by atoms with Gasteiger partial charge in [-0.1, -0.05) is 26.2 Å². The zero-order valence-electron chi connectivity index (χ0n) is 9.24. The molecule has 4 heteroatoms. The van der Waals surface area contributed by atoms with Crippen molar-refractivity contribution in [2.75, 3.05) is 0 Å². The first-order valence-corrected chi connectivity index (χ1v) is 5.52. The van der Waals surface area contributed by atoms with Gasteiger partial charge in [0, 0.05) is 6.42 Å². The van der Waals surface area contributed by atoms with Crippen LogP contribution >= 0.6 is 0 Å². The molecule has 1 atom stereocenters. The minimum Gasteiger partial charge on any atom is -0.481 e. The molecule has 0 aromatic heterocycles. The Bertz CT molecular complexity index is 201. The first kappa shape index (κ1) is 13.9. The van der Waals surface area contributed by atoms with Gasteiger partial charge in [0.05, 0.1) is 5.92 Å². The van der Waals surface area contributed by atoms with Gasteiger partial charge in [-0.25, -0.2) is 0 Å². The van der Waals surface area contributed by atoms with Crippen molar-refractivity contribution in [3.05, 3.63) is 0 Å². The molecule has 0 fully saturated rings. The SMILES string of the molecule is CCC(CCCCCCC(=O)O)C(=O)O. The van der Waals surface area contributed by atoms with Crippen molar-refractivity contribution in [2.45, 2.75) is 51.9 Å². The summed E-state index contributed by atoms with van der Waals surface area (Å²) in [5, 5.41) is 17.2. The molecule has 1 unspecified atom stereocenters. The summed E-state index contributed by atoms with van der Waals surface area (Å²) >= 11 is 0. The Morgan fingerprint density at radius 1 is 1.07 bits per heavy atom. The largest absolute Gasteiger partial charge is 0.481 e. The molecule has 0 aliphatic rings. The van der Waals surface area contributed by atoms with Crippen LogP contribution in [0, 0.1) is 5.92 Å². The second-order valence-corrected chi connectivity index (χ2v) is 3.79. The first-order chi connectivity index (χ1) is 7.07. The predicted molar refractivity (Wildman–Crippen MR) is 56.8 cm³/mol. The quantitative estimate of drug-likeness (QED) is 0.581. The van der Waals surface area contributed by atoms with E-state index in [-0.39, 0.29) is 12.3 Å². The summed E-state index contributed by atoms with van der Waals surface area (Å²) in [6, 6.07) is 0. The van der Waals surface area contributed by atoms with Gasteiger partial charge in [-0.3, -0.25) is 9.59 Å². The first-order valence-electron chi connectivity index (χ1n) is 5.52. The highest BCUT2D eigenvalue weighted by atomic mass is 16.4. The maximum absolute atomic E-state index is 10.7. The monoisotopic (exact) mass is 216 g/mol. The molecule has 0 saturated carbocycles. The fourth-order valence-electron chi connectivity index (χ4n) is 1.52. The second kappa shape index (κ2) is 8.26. The summed E-state index contributed by atoms with van der Waals surface area (Å²) in [7, 11) is 0. The van der Waals surface area contributed by atoms with E-state index in [1.54, 1.807) is 0 Å². The van der Waals surface area contributed by atoms with Crippen LogP contribution in [0.2, 0.25) is 0 Å². The van der Waals surface area contributed by atoms with Gasteiger partial charge in [-0.05, 0) is 19.3 Å². The Morgan fingerprint density at radius 2 is 1.67 bits per heavy atom. The number of aliphatic carboxylic acids is 2. The summed E-state index contributed by atoms with van der Waals surface area (Å²) in [5.41, 5.74) is 0. The van der Waals surface area contributed by atoms with E-state index in [2.05, 4.69) is 0 Å². The van der Waals surface area contributed by atoms with Crippen molar-refractivity contribution in [3.63, 3.8) is 0 Å². The van der Waals surface area contributed by atoms with Crippen LogP contribution in [0.1, 0.15) is 51.9 Å². The van der Waals surface area contributed by atoms with E-state index in [0.29, 0.717) is 19.3 Å². The van der Waals surface area contributed by atoms with Crippen LogP contribution in [-0.2, 0) is 9.59 Å². The van der Waals surface area contributed by atoms with Gasteiger partial charge in [0.2, 0.25) is 0 Å². The van der Waals surface area contributed by atoms with Crippen LogP contribution in [0.5, 0.6) is 0 Å². The van der Waals surface area contributed by atoms with Crippen molar-refractivity contribution in [2.24, 2.45) is 5.92 Å². The Labute approximate surface area is 90.3 Å². The minimum atomic E-state index is -0.757. The summed E-state index contributed by atoms with van der Waals surface area (Å²) < 4.78 is 0. The maximum Gasteiger partial charge on any atom is 0.306 e. The normalized spacial score (nSPS) is 12.3. The summed E-state index contributed by atoms with van der Waals surface area (Å²) in [6.07, 6.45) is 4.97. The van der Waals surface area contributed by atoms with Crippen molar-refractivity contribution in [1.29, 1.82) is 0 Å². The van der Waals surface area contributed by atoms with Crippen LogP contribution in [0.3, 0.4) is 0 Å². The molecular weight excluding hydrogens is 196 g/mol. The Hall–Kier alpha value is -1.06. The molecule has 0 rings (SSSR count). The van der Waals surface area contributed by atoms with E-state index in [1.807, 2.05) is 6.92 Å². The molecule has 0 radical (unpaired) electrons. The van der Waals surface area contributed by atoms with Gasteiger partial charge in [0.25, 0.3) is 0 Å². The van der Waals surface area contributed by atoms with Crippen LogP contribution in [0.4, 0.5) is 0 Å². The van der Waals surface area contributed by atoms with Gasteiger partial charge in [0.15, 0.2) is 0 Å². The number of carboxylic acid groups (broad SMARTS) is 2.